The Morgan fingerprint density at radius 3 is 2.07 bits per heavy atom. The quantitative estimate of drug-likeness (QED) is 0.660. The molecular formula is C13H21N. The lowest BCUT2D eigenvalue weighted by atomic mass is 9.59. The van der Waals surface area contributed by atoms with Gasteiger partial charge in [-0.3, -0.25) is 0 Å². The van der Waals surface area contributed by atoms with Crippen molar-refractivity contribution in [2.24, 2.45) is 10.8 Å². The minimum Gasteiger partial charge on any atom is -0.198 e. The third kappa shape index (κ3) is 1.56. The third-order valence-corrected chi connectivity index (χ3v) is 4.68. The van der Waals surface area contributed by atoms with Gasteiger partial charge in [0.15, 0.2) is 0 Å². The summed E-state index contributed by atoms with van der Waals surface area (Å²) >= 11 is 0. The van der Waals surface area contributed by atoms with Gasteiger partial charge in [0, 0.05) is 0 Å². The standard InChI is InChI=1S/C13H21N/c1-2-12(8-5-9-12)10-13(11-14)6-3-4-7-13/h2-10H2,1H3. The summed E-state index contributed by atoms with van der Waals surface area (Å²) in [6, 6.07) is 2.64. The highest BCUT2D eigenvalue weighted by Crippen LogP contribution is 2.55. The first-order valence-electron chi connectivity index (χ1n) is 6.16. The van der Waals surface area contributed by atoms with Gasteiger partial charge in [0.25, 0.3) is 0 Å². The summed E-state index contributed by atoms with van der Waals surface area (Å²) in [7, 11) is 0. The van der Waals surface area contributed by atoms with Gasteiger partial charge < -0.3 is 0 Å². The SMILES string of the molecule is CCC1(CC2(C#N)CCCC2)CCC1. The Hall–Kier alpha value is -0.510. The topological polar surface area (TPSA) is 23.8 Å². The van der Waals surface area contributed by atoms with Crippen LogP contribution in [0.25, 0.3) is 0 Å². The van der Waals surface area contributed by atoms with Crippen LogP contribution in [0, 0.1) is 22.2 Å². The predicted molar refractivity (Wildman–Crippen MR) is 57.7 cm³/mol. The van der Waals surface area contributed by atoms with Gasteiger partial charge in [-0.15, -0.1) is 0 Å². The minimum absolute atomic E-state index is 0.0798. The first kappa shape index (κ1) is 10.0. The normalized spacial score (nSPS) is 28.0. The molecule has 0 heterocycles. The number of hydrogen-bond donors (Lipinski definition) is 0. The van der Waals surface area contributed by atoms with Crippen LogP contribution in [0.1, 0.15) is 64.7 Å². The Labute approximate surface area is 87.5 Å². The zero-order chi connectivity index (χ0) is 10.1. The largest absolute Gasteiger partial charge is 0.198 e. The van der Waals surface area contributed by atoms with Gasteiger partial charge >= 0.3 is 0 Å². The second kappa shape index (κ2) is 3.57. The van der Waals surface area contributed by atoms with Crippen molar-refractivity contribution < 1.29 is 0 Å². The number of rotatable bonds is 3. The van der Waals surface area contributed by atoms with Gasteiger partial charge in [-0.2, -0.15) is 5.26 Å². The first-order valence-corrected chi connectivity index (χ1v) is 6.16. The molecule has 0 bridgehead atoms. The van der Waals surface area contributed by atoms with Crippen LogP contribution >= 0.6 is 0 Å². The predicted octanol–water partition coefficient (Wildman–Crippen LogP) is 4.04. The van der Waals surface area contributed by atoms with E-state index in [1.165, 1.54) is 57.8 Å². The maximum Gasteiger partial charge on any atom is 0.0689 e. The van der Waals surface area contributed by atoms with Gasteiger partial charge in [-0.25, -0.2) is 0 Å². The molecule has 2 rings (SSSR count). The Kier molecular flexibility index (Phi) is 2.56. The Balaban J connectivity index is 2.04. The Bertz CT molecular complexity index is 233. The zero-order valence-corrected chi connectivity index (χ0v) is 9.31. The zero-order valence-electron chi connectivity index (χ0n) is 9.31. The summed E-state index contributed by atoms with van der Waals surface area (Å²) in [5.41, 5.74) is 0.649. The molecule has 0 aromatic carbocycles. The molecule has 0 aromatic rings. The van der Waals surface area contributed by atoms with Crippen molar-refractivity contribution in [1.29, 1.82) is 5.26 Å². The molecular weight excluding hydrogens is 170 g/mol. The van der Waals surface area contributed by atoms with Crippen LogP contribution in [0.2, 0.25) is 0 Å². The molecule has 0 unspecified atom stereocenters. The van der Waals surface area contributed by atoms with Crippen LogP contribution in [0.5, 0.6) is 0 Å². The molecule has 1 heteroatoms. The lowest BCUT2D eigenvalue weighted by Crippen LogP contribution is -2.34. The van der Waals surface area contributed by atoms with Gasteiger partial charge in [0.05, 0.1) is 11.5 Å². The molecule has 1 nitrogen and oxygen atoms in total. The van der Waals surface area contributed by atoms with E-state index in [4.69, 9.17) is 0 Å². The molecule has 0 N–H and O–H groups in total. The average Bonchev–Trinajstić information content (AvgIpc) is 2.61. The van der Waals surface area contributed by atoms with E-state index in [0.29, 0.717) is 5.41 Å². The van der Waals surface area contributed by atoms with Crippen molar-refractivity contribution in [3.63, 3.8) is 0 Å². The maximum atomic E-state index is 9.34. The van der Waals surface area contributed by atoms with E-state index in [1.54, 1.807) is 0 Å². The molecule has 2 aliphatic rings. The summed E-state index contributed by atoms with van der Waals surface area (Å²) < 4.78 is 0. The summed E-state index contributed by atoms with van der Waals surface area (Å²) in [4.78, 5) is 0. The van der Waals surface area contributed by atoms with Gasteiger partial charge in [0.1, 0.15) is 0 Å². The molecule has 14 heavy (non-hydrogen) atoms. The molecule has 0 amide bonds. The number of nitriles is 1. The van der Waals surface area contributed by atoms with E-state index in [-0.39, 0.29) is 5.41 Å². The van der Waals surface area contributed by atoms with E-state index >= 15 is 0 Å². The van der Waals surface area contributed by atoms with Crippen molar-refractivity contribution >= 4 is 0 Å². The van der Waals surface area contributed by atoms with Crippen molar-refractivity contribution in [2.45, 2.75) is 64.7 Å². The lowest BCUT2D eigenvalue weighted by Gasteiger charge is -2.45. The molecule has 2 fully saturated rings. The van der Waals surface area contributed by atoms with Gasteiger partial charge in [0.2, 0.25) is 0 Å². The number of hydrogen-bond acceptors (Lipinski definition) is 1. The molecule has 0 spiro atoms. The second-order valence-electron chi connectivity index (χ2n) is 5.48. The van der Waals surface area contributed by atoms with Crippen LogP contribution in [0.4, 0.5) is 0 Å². The summed E-state index contributed by atoms with van der Waals surface area (Å²) in [6.45, 7) is 2.30. The van der Waals surface area contributed by atoms with Gasteiger partial charge in [-0.1, -0.05) is 32.6 Å². The van der Waals surface area contributed by atoms with Crippen molar-refractivity contribution in [1.82, 2.24) is 0 Å². The first-order chi connectivity index (χ1) is 6.74. The van der Waals surface area contributed by atoms with Crippen LogP contribution < -0.4 is 0 Å². The number of nitrogens with zero attached hydrogens (tertiary/aromatic N) is 1. The molecule has 0 aromatic heterocycles. The van der Waals surface area contributed by atoms with Crippen molar-refractivity contribution in [2.75, 3.05) is 0 Å². The summed E-state index contributed by atoms with van der Waals surface area (Å²) in [6.07, 6.45) is 11.6. The van der Waals surface area contributed by atoms with E-state index in [2.05, 4.69) is 13.0 Å². The highest BCUT2D eigenvalue weighted by Gasteiger charge is 2.45. The monoisotopic (exact) mass is 191 g/mol. The highest BCUT2D eigenvalue weighted by atomic mass is 14.5. The van der Waals surface area contributed by atoms with Crippen LogP contribution in [0.15, 0.2) is 0 Å². The minimum atomic E-state index is 0.0798. The molecule has 2 aliphatic carbocycles. The Morgan fingerprint density at radius 2 is 1.71 bits per heavy atom. The molecule has 2 saturated carbocycles. The van der Waals surface area contributed by atoms with E-state index < -0.39 is 0 Å². The van der Waals surface area contributed by atoms with Gasteiger partial charge in [-0.05, 0) is 37.5 Å². The Morgan fingerprint density at radius 1 is 1.07 bits per heavy atom. The fourth-order valence-corrected chi connectivity index (χ4v) is 3.43. The van der Waals surface area contributed by atoms with Crippen molar-refractivity contribution in [3.05, 3.63) is 0 Å². The second-order valence-corrected chi connectivity index (χ2v) is 5.48. The molecule has 0 radical (unpaired) electrons. The van der Waals surface area contributed by atoms with Crippen LogP contribution in [-0.4, -0.2) is 0 Å². The lowest BCUT2D eigenvalue weighted by molar-refractivity contribution is 0.0678. The van der Waals surface area contributed by atoms with E-state index in [9.17, 15) is 5.26 Å². The smallest absolute Gasteiger partial charge is 0.0689 e. The van der Waals surface area contributed by atoms with Crippen LogP contribution in [-0.2, 0) is 0 Å². The average molecular weight is 191 g/mol. The maximum absolute atomic E-state index is 9.34. The van der Waals surface area contributed by atoms with E-state index in [1.807, 2.05) is 0 Å². The third-order valence-electron chi connectivity index (χ3n) is 4.68. The molecule has 0 atom stereocenters. The molecule has 0 aliphatic heterocycles. The summed E-state index contributed by atoms with van der Waals surface area (Å²) in [5, 5.41) is 9.34. The highest BCUT2D eigenvalue weighted by molar-refractivity contribution is 5.06. The fraction of sp³-hybridized carbons (Fsp3) is 0.923. The fourth-order valence-electron chi connectivity index (χ4n) is 3.43. The molecule has 0 saturated heterocycles. The van der Waals surface area contributed by atoms with E-state index in [0.717, 1.165) is 0 Å². The molecule has 78 valence electrons. The van der Waals surface area contributed by atoms with Crippen molar-refractivity contribution in [3.8, 4) is 6.07 Å². The van der Waals surface area contributed by atoms with Crippen LogP contribution in [0.3, 0.4) is 0 Å². The summed E-state index contributed by atoms with van der Waals surface area (Å²) in [5.74, 6) is 0.